The minimum absolute atomic E-state index is 0.431. The summed E-state index contributed by atoms with van der Waals surface area (Å²) in [5.74, 6) is 3.44. The van der Waals surface area contributed by atoms with Crippen LogP contribution in [0.3, 0.4) is 0 Å². The van der Waals surface area contributed by atoms with E-state index in [4.69, 9.17) is 22.4 Å². The number of terminal acetylenes is 1. The van der Waals surface area contributed by atoms with Crippen molar-refractivity contribution < 1.29 is 4.42 Å². The molecule has 1 rings (SSSR count). The maximum Gasteiger partial charge on any atom is 0.193 e. The van der Waals surface area contributed by atoms with Crippen molar-refractivity contribution in [3.05, 3.63) is 23.1 Å². The van der Waals surface area contributed by atoms with Crippen molar-refractivity contribution in [3.63, 3.8) is 0 Å². The molecule has 1 aromatic rings. The van der Waals surface area contributed by atoms with Crippen molar-refractivity contribution in [2.75, 3.05) is 6.54 Å². The third kappa shape index (κ3) is 4.02. The molecular weight excluding hydrogens is 186 g/mol. The fourth-order valence-corrected chi connectivity index (χ4v) is 1.14. The molecule has 0 unspecified atom stereocenters. The Bertz CT molecular complexity index is 287. The van der Waals surface area contributed by atoms with E-state index in [0.29, 0.717) is 11.8 Å². The Hall–Kier alpha value is -0.910. The smallest absolute Gasteiger partial charge is 0.193 e. The highest BCUT2D eigenvalue weighted by Gasteiger charge is 1.97. The first-order valence-electron chi connectivity index (χ1n) is 4.21. The van der Waals surface area contributed by atoms with E-state index >= 15 is 0 Å². The quantitative estimate of drug-likeness (QED) is 0.580. The van der Waals surface area contributed by atoms with Crippen molar-refractivity contribution in [1.29, 1.82) is 0 Å². The van der Waals surface area contributed by atoms with Crippen molar-refractivity contribution in [2.45, 2.75) is 19.4 Å². The van der Waals surface area contributed by atoms with Crippen LogP contribution in [-0.2, 0) is 6.54 Å². The van der Waals surface area contributed by atoms with Crippen LogP contribution in [0.4, 0.5) is 0 Å². The number of hydrogen-bond donors (Lipinski definition) is 1. The molecule has 0 amide bonds. The van der Waals surface area contributed by atoms with Crippen LogP contribution in [0.25, 0.3) is 0 Å². The van der Waals surface area contributed by atoms with Gasteiger partial charge in [-0.25, -0.2) is 0 Å². The molecule has 70 valence electrons. The molecule has 0 radical (unpaired) electrons. The summed E-state index contributed by atoms with van der Waals surface area (Å²) >= 11 is 5.60. The lowest BCUT2D eigenvalue weighted by molar-refractivity contribution is 0.483. The molecule has 0 atom stereocenters. The number of hydrogen-bond acceptors (Lipinski definition) is 2. The lowest BCUT2D eigenvalue weighted by Crippen LogP contribution is -2.13. The molecule has 1 heterocycles. The van der Waals surface area contributed by atoms with Crippen LogP contribution < -0.4 is 5.32 Å². The largest absolute Gasteiger partial charge is 0.448 e. The Morgan fingerprint density at radius 1 is 1.54 bits per heavy atom. The van der Waals surface area contributed by atoms with Crippen LogP contribution in [-0.4, -0.2) is 6.54 Å². The van der Waals surface area contributed by atoms with Gasteiger partial charge in [0.05, 0.1) is 6.54 Å². The first-order chi connectivity index (χ1) is 6.33. The van der Waals surface area contributed by atoms with Crippen LogP contribution >= 0.6 is 11.6 Å². The van der Waals surface area contributed by atoms with Gasteiger partial charge < -0.3 is 9.73 Å². The molecule has 2 nitrogen and oxygen atoms in total. The fraction of sp³-hybridized carbons (Fsp3) is 0.400. The average Bonchev–Trinajstić information content (AvgIpc) is 2.51. The lowest BCUT2D eigenvalue weighted by Gasteiger charge is -1.99. The summed E-state index contributed by atoms with van der Waals surface area (Å²) in [5.41, 5.74) is 0. The highest BCUT2D eigenvalue weighted by atomic mass is 35.5. The molecule has 0 aliphatic heterocycles. The van der Waals surface area contributed by atoms with Gasteiger partial charge in [-0.3, -0.25) is 0 Å². The SMILES string of the molecule is C#CCCCNCc1ccc(Cl)o1. The van der Waals surface area contributed by atoms with E-state index in [1.54, 1.807) is 6.07 Å². The highest BCUT2D eigenvalue weighted by Crippen LogP contribution is 2.12. The second kappa shape index (κ2) is 5.69. The predicted octanol–water partition coefficient (Wildman–Crippen LogP) is 2.44. The Morgan fingerprint density at radius 2 is 2.38 bits per heavy atom. The van der Waals surface area contributed by atoms with Crippen LogP contribution in [0.1, 0.15) is 18.6 Å². The molecule has 0 aliphatic carbocycles. The van der Waals surface area contributed by atoms with E-state index in [2.05, 4.69) is 11.2 Å². The fourth-order valence-electron chi connectivity index (χ4n) is 0.974. The molecule has 0 fully saturated rings. The standard InChI is InChI=1S/C10H12ClNO/c1-2-3-4-7-12-8-9-5-6-10(11)13-9/h1,5-6,12H,3-4,7-8H2. The normalized spacial score (nSPS) is 9.85. The second-order valence-electron chi connectivity index (χ2n) is 2.69. The van der Waals surface area contributed by atoms with Gasteiger partial charge in [-0.05, 0) is 36.7 Å². The molecule has 0 saturated carbocycles. The van der Waals surface area contributed by atoms with E-state index in [1.807, 2.05) is 6.07 Å². The van der Waals surface area contributed by atoms with E-state index in [1.165, 1.54) is 0 Å². The summed E-state index contributed by atoms with van der Waals surface area (Å²) in [6, 6.07) is 3.59. The second-order valence-corrected chi connectivity index (χ2v) is 3.06. The molecular formula is C10H12ClNO. The Labute approximate surface area is 83.3 Å². The maximum absolute atomic E-state index is 5.60. The van der Waals surface area contributed by atoms with Gasteiger partial charge in [0.1, 0.15) is 5.76 Å². The van der Waals surface area contributed by atoms with Gasteiger partial charge in [0.15, 0.2) is 5.22 Å². The minimum atomic E-state index is 0.431. The van der Waals surface area contributed by atoms with Crippen molar-refractivity contribution in [3.8, 4) is 12.3 Å². The van der Waals surface area contributed by atoms with Crippen molar-refractivity contribution in [2.24, 2.45) is 0 Å². The third-order valence-corrected chi connectivity index (χ3v) is 1.81. The maximum atomic E-state index is 5.60. The van der Waals surface area contributed by atoms with Gasteiger partial charge in [0, 0.05) is 6.42 Å². The zero-order valence-corrected chi connectivity index (χ0v) is 8.10. The predicted molar refractivity (Wildman–Crippen MR) is 53.5 cm³/mol. The van der Waals surface area contributed by atoms with Crippen molar-refractivity contribution >= 4 is 11.6 Å². The molecule has 13 heavy (non-hydrogen) atoms. The molecule has 0 spiro atoms. The van der Waals surface area contributed by atoms with Crippen molar-refractivity contribution in [1.82, 2.24) is 5.32 Å². The number of nitrogens with one attached hydrogen (secondary N) is 1. The molecule has 0 aliphatic rings. The Kier molecular flexibility index (Phi) is 4.45. The molecule has 1 N–H and O–H groups in total. The molecule has 0 aromatic carbocycles. The van der Waals surface area contributed by atoms with Gasteiger partial charge in [-0.1, -0.05) is 0 Å². The van der Waals surface area contributed by atoms with E-state index in [9.17, 15) is 0 Å². The third-order valence-electron chi connectivity index (χ3n) is 1.60. The number of rotatable bonds is 5. The lowest BCUT2D eigenvalue weighted by atomic mass is 10.3. The zero-order valence-electron chi connectivity index (χ0n) is 7.35. The zero-order chi connectivity index (χ0) is 9.52. The first-order valence-corrected chi connectivity index (χ1v) is 4.59. The molecule has 0 bridgehead atoms. The summed E-state index contributed by atoms with van der Waals surface area (Å²) in [7, 11) is 0. The van der Waals surface area contributed by atoms with Gasteiger partial charge in [0.2, 0.25) is 0 Å². The minimum Gasteiger partial charge on any atom is -0.448 e. The molecule has 3 heteroatoms. The van der Waals surface area contributed by atoms with Gasteiger partial charge >= 0.3 is 0 Å². The van der Waals surface area contributed by atoms with Gasteiger partial charge in [-0.15, -0.1) is 12.3 Å². The molecule has 1 aromatic heterocycles. The number of furan rings is 1. The van der Waals surface area contributed by atoms with Gasteiger partial charge in [-0.2, -0.15) is 0 Å². The van der Waals surface area contributed by atoms with E-state index in [-0.39, 0.29) is 0 Å². The van der Waals surface area contributed by atoms with E-state index in [0.717, 1.165) is 25.1 Å². The summed E-state index contributed by atoms with van der Waals surface area (Å²) < 4.78 is 5.15. The first kappa shape index (κ1) is 10.2. The van der Waals surface area contributed by atoms with Crippen LogP contribution in [0.5, 0.6) is 0 Å². The highest BCUT2D eigenvalue weighted by molar-refractivity contribution is 6.28. The molecule has 0 saturated heterocycles. The number of unbranched alkanes of at least 4 members (excludes halogenated alkanes) is 1. The average molecular weight is 198 g/mol. The van der Waals surface area contributed by atoms with Crippen LogP contribution in [0.2, 0.25) is 5.22 Å². The topological polar surface area (TPSA) is 25.2 Å². The number of halogens is 1. The summed E-state index contributed by atoms with van der Waals surface area (Å²) in [5, 5.41) is 3.63. The van der Waals surface area contributed by atoms with Crippen LogP contribution in [0, 0.1) is 12.3 Å². The van der Waals surface area contributed by atoms with E-state index < -0.39 is 0 Å². The Balaban J connectivity index is 2.10. The van der Waals surface area contributed by atoms with Crippen LogP contribution in [0.15, 0.2) is 16.5 Å². The summed E-state index contributed by atoms with van der Waals surface area (Å²) in [6.07, 6.45) is 6.91. The summed E-state index contributed by atoms with van der Waals surface area (Å²) in [4.78, 5) is 0. The monoisotopic (exact) mass is 197 g/mol. The van der Waals surface area contributed by atoms with Gasteiger partial charge in [0.25, 0.3) is 0 Å². The Morgan fingerprint density at radius 3 is 3.00 bits per heavy atom. The summed E-state index contributed by atoms with van der Waals surface area (Å²) in [6.45, 7) is 1.61.